The van der Waals surface area contributed by atoms with Gasteiger partial charge in [0.05, 0.1) is 17.5 Å². The van der Waals surface area contributed by atoms with Crippen LogP contribution in [-0.2, 0) is 9.59 Å². The van der Waals surface area contributed by atoms with E-state index in [9.17, 15) is 9.59 Å². The lowest BCUT2D eigenvalue weighted by atomic mass is 9.66. The van der Waals surface area contributed by atoms with Crippen molar-refractivity contribution >= 4 is 17.5 Å². The van der Waals surface area contributed by atoms with Gasteiger partial charge in [0.1, 0.15) is 0 Å². The zero-order valence-electron chi connectivity index (χ0n) is 14.1. The summed E-state index contributed by atoms with van der Waals surface area (Å²) in [4.78, 5) is 28.2. The van der Waals surface area contributed by atoms with E-state index >= 15 is 0 Å². The molecule has 4 aliphatic rings. The maximum atomic E-state index is 13.3. The number of hydrogen-bond acceptors (Lipinski definition) is 2. The number of amides is 2. The predicted octanol–water partition coefficient (Wildman–Crippen LogP) is 4.01. The molecule has 2 amide bonds. The first-order chi connectivity index (χ1) is 11.7. The van der Waals surface area contributed by atoms with Gasteiger partial charge in [0.25, 0.3) is 0 Å². The molecule has 0 unspecified atom stereocenters. The van der Waals surface area contributed by atoms with E-state index in [1.54, 1.807) is 11.1 Å². The number of carbonyl (C=O) groups excluding carboxylic acids is 2. The van der Waals surface area contributed by atoms with Gasteiger partial charge in [-0.15, -0.1) is 0 Å². The molecule has 1 heterocycles. The van der Waals surface area contributed by atoms with Crippen LogP contribution >= 0.6 is 0 Å². The fraction of sp³-hybridized carbons (Fsp3) is 0.524. The molecule has 124 valence electrons. The largest absolute Gasteiger partial charge is 0.274 e. The Morgan fingerprint density at radius 1 is 0.875 bits per heavy atom. The van der Waals surface area contributed by atoms with Crippen molar-refractivity contribution in [2.75, 3.05) is 4.90 Å². The van der Waals surface area contributed by atoms with Crippen molar-refractivity contribution in [1.82, 2.24) is 0 Å². The van der Waals surface area contributed by atoms with Crippen LogP contribution in [0.5, 0.6) is 0 Å². The highest BCUT2D eigenvalue weighted by Crippen LogP contribution is 2.58. The van der Waals surface area contributed by atoms with Gasteiger partial charge in [-0.2, -0.15) is 0 Å². The molecule has 4 atom stereocenters. The standard InChI is InChI=1S/C21H23NO2/c1-12-6-2-3-11-17(12)22-20(23)18-15-9-4-7-13(15)14-8-5-10-16(14)19(18)21(22)24/h2-3,6,11,15-16,18-19H,4-5,7-10H2,1H3/t15-,16+,18-,19-/m0/s1. The smallest absolute Gasteiger partial charge is 0.238 e. The minimum absolute atomic E-state index is 0.0645. The number of rotatable bonds is 1. The predicted molar refractivity (Wildman–Crippen MR) is 92.4 cm³/mol. The van der Waals surface area contributed by atoms with Crippen molar-refractivity contribution < 1.29 is 9.59 Å². The number of nitrogens with zero attached hydrogens (tertiary/aromatic N) is 1. The Balaban J connectivity index is 1.63. The first-order valence-corrected chi connectivity index (χ1v) is 9.33. The number of hydrogen-bond donors (Lipinski definition) is 0. The highest BCUT2D eigenvalue weighted by molar-refractivity contribution is 6.23. The van der Waals surface area contributed by atoms with E-state index in [4.69, 9.17) is 0 Å². The summed E-state index contributed by atoms with van der Waals surface area (Å²) in [5, 5.41) is 0. The van der Waals surface area contributed by atoms with Gasteiger partial charge in [-0.05, 0) is 68.9 Å². The lowest BCUT2D eigenvalue weighted by Crippen LogP contribution is -2.35. The summed E-state index contributed by atoms with van der Waals surface area (Å²) in [5.74, 6) is 0.613. The van der Waals surface area contributed by atoms with Crippen LogP contribution in [0.25, 0.3) is 0 Å². The molecular weight excluding hydrogens is 298 g/mol. The van der Waals surface area contributed by atoms with E-state index in [0.29, 0.717) is 11.8 Å². The van der Waals surface area contributed by atoms with Crippen molar-refractivity contribution in [3.05, 3.63) is 41.0 Å². The maximum Gasteiger partial charge on any atom is 0.238 e. The first kappa shape index (κ1) is 14.4. The number of benzene rings is 1. The Morgan fingerprint density at radius 3 is 1.96 bits per heavy atom. The van der Waals surface area contributed by atoms with Crippen LogP contribution in [0.4, 0.5) is 5.69 Å². The van der Waals surface area contributed by atoms with Gasteiger partial charge in [-0.3, -0.25) is 9.59 Å². The Labute approximate surface area is 142 Å². The minimum Gasteiger partial charge on any atom is -0.274 e. The number of aryl methyl sites for hydroxylation is 1. The van der Waals surface area contributed by atoms with Crippen molar-refractivity contribution in [3.8, 4) is 0 Å². The Hall–Kier alpha value is -1.90. The third kappa shape index (κ3) is 1.73. The average molecular weight is 321 g/mol. The highest BCUT2D eigenvalue weighted by Gasteiger charge is 2.59. The third-order valence-electron chi connectivity index (χ3n) is 6.85. The molecule has 2 saturated carbocycles. The van der Waals surface area contributed by atoms with Gasteiger partial charge >= 0.3 is 0 Å². The second-order valence-electron chi connectivity index (χ2n) is 7.90. The van der Waals surface area contributed by atoms with Gasteiger partial charge in [-0.1, -0.05) is 29.3 Å². The molecule has 3 fully saturated rings. The maximum absolute atomic E-state index is 13.3. The summed E-state index contributed by atoms with van der Waals surface area (Å²) < 4.78 is 0. The second-order valence-corrected chi connectivity index (χ2v) is 7.90. The average Bonchev–Trinajstić information content (AvgIpc) is 3.26. The number of imide groups is 1. The van der Waals surface area contributed by atoms with Crippen molar-refractivity contribution in [2.45, 2.75) is 45.4 Å². The normalized spacial score (nSPS) is 34.6. The number of carbonyl (C=O) groups is 2. The van der Waals surface area contributed by atoms with Crippen LogP contribution in [0.2, 0.25) is 0 Å². The van der Waals surface area contributed by atoms with E-state index in [1.807, 2.05) is 31.2 Å². The summed E-state index contributed by atoms with van der Waals surface area (Å²) in [6.07, 6.45) is 6.87. The van der Waals surface area contributed by atoms with Crippen LogP contribution in [-0.4, -0.2) is 11.8 Å². The number of para-hydroxylation sites is 1. The summed E-state index contributed by atoms with van der Waals surface area (Å²) in [7, 11) is 0. The van der Waals surface area contributed by atoms with Crippen LogP contribution in [0, 0.1) is 30.6 Å². The van der Waals surface area contributed by atoms with E-state index in [1.165, 1.54) is 17.7 Å². The summed E-state index contributed by atoms with van der Waals surface area (Å²) in [6, 6.07) is 7.78. The van der Waals surface area contributed by atoms with Gasteiger partial charge in [0, 0.05) is 0 Å². The quantitative estimate of drug-likeness (QED) is 0.579. The Bertz CT molecular complexity index is 736. The van der Waals surface area contributed by atoms with Gasteiger partial charge in [0.15, 0.2) is 0 Å². The fourth-order valence-electron chi connectivity index (χ4n) is 5.94. The molecule has 1 aromatic rings. The third-order valence-corrected chi connectivity index (χ3v) is 6.85. The fourth-order valence-corrected chi connectivity index (χ4v) is 5.94. The molecule has 3 nitrogen and oxygen atoms in total. The minimum atomic E-state index is -0.0959. The van der Waals surface area contributed by atoms with Crippen molar-refractivity contribution in [2.24, 2.45) is 23.7 Å². The lowest BCUT2D eigenvalue weighted by Gasteiger charge is -2.34. The second kappa shape index (κ2) is 5.05. The number of anilines is 1. The molecule has 24 heavy (non-hydrogen) atoms. The Morgan fingerprint density at radius 2 is 1.42 bits per heavy atom. The Kier molecular flexibility index (Phi) is 3.04. The van der Waals surface area contributed by atoms with E-state index < -0.39 is 0 Å². The molecule has 5 rings (SSSR count). The van der Waals surface area contributed by atoms with E-state index in [0.717, 1.165) is 36.9 Å². The molecule has 1 aromatic carbocycles. The van der Waals surface area contributed by atoms with E-state index in [2.05, 4.69) is 0 Å². The molecule has 3 heteroatoms. The van der Waals surface area contributed by atoms with Crippen molar-refractivity contribution in [1.29, 1.82) is 0 Å². The van der Waals surface area contributed by atoms with Crippen LogP contribution in [0.15, 0.2) is 35.4 Å². The molecule has 1 saturated heterocycles. The molecule has 0 radical (unpaired) electrons. The molecule has 3 aliphatic carbocycles. The monoisotopic (exact) mass is 321 g/mol. The zero-order valence-corrected chi connectivity index (χ0v) is 14.1. The first-order valence-electron chi connectivity index (χ1n) is 9.33. The molecule has 1 aliphatic heterocycles. The topological polar surface area (TPSA) is 37.4 Å². The van der Waals surface area contributed by atoms with Gasteiger partial charge < -0.3 is 0 Å². The van der Waals surface area contributed by atoms with E-state index in [-0.39, 0.29) is 23.7 Å². The highest BCUT2D eigenvalue weighted by atomic mass is 16.2. The molecule has 0 bridgehead atoms. The number of fused-ring (bicyclic) bond motifs is 5. The SMILES string of the molecule is Cc1ccccc1N1C(=O)[C@@H]2[C@@H](C1=O)[C@H]1CCCC1=C1CCC[C@H]12. The van der Waals surface area contributed by atoms with Crippen LogP contribution < -0.4 is 4.90 Å². The molecule has 0 N–H and O–H groups in total. The molecule has 0 aromatic heterocycles. The van der Waals surface area contributed by atoms with Crippen molar-refractivity contribution in [3.63, 3.8) is 0 Å². The van der Waals surface area contributed by atoms with Gasteiger partial charge in [0.2, 0.25) is 11.8 Å². The van der Waals surface area contributed by atoms with Crippen LogP contribution in [0.1, 0.15) is 44.1 Å². The van der Waals surface area contributed by atoms with Crippen LogP contribution in [0.3, 0.4) is 0 Å². The molecular formula is C21H23NO2. The zero-order chi connectivity index (χ0) is 16.4. The lowest BCUT2D eigenvalue weighted by molar-refractivity contribution is -0.122. The summed E-state index contributed by atoms with van der Waals surface area (Å²) in [6.45, 7) is 1.98. The summed E-state index contributed by atoms with van der Waals surface area (Å²) >= 11 is 0. The molecule has 0 spiro atoms. The summed E-state index contributed by atoms with van der Waals surface area (Å²) in [5.41, 5.74) is 4.92. The number of allylic oxidation sites excluding steroid dienone is 2. The van der Waals surface area contributed by atoms with Gasteiger partial charge in [-0.25, -0.2) is 4.90 Å².